The molecule has 0 radical (unpaired) electrons. The van der Waals surface area contributed by atoms with Crippen LogP contribution in [0.3, 0.4) is 0 Å². The molecular formula is C7H18N4O. The zero-order valence-corrected chi connectivity index (χ0v) is 7.95. The van der Waals surface area contributed by atoms with Gasteiger partial charge in [0.25, 0.3) is 0 Å². The van der Waals surface area contributed by atoms with Crippen LogP contribution in [0.1, 0.15) is 13.8 Å². The topological polar surface area (TPSA) is 76.9 Å². The lowest BCUT2D eigenvalue weighted by Gasteiger charge is -2.27. The molecule has 0 bridgehead atoms. The van der Waals surface area contributed by atoms with Gasteiger partial charge < -0.3 is 21.2 Å². The van der Waals surface area contributed by atoms with E-state index >= 15 is 0 Å². The predicted octanol–water partition coefficient (Wildman–Crippen LogP) is -0.468. The molecule has 0 heterocycles. The van der Waals surface area contributed by atoms with Crippen molar-refractivity contribution in [3.05, 3.63) is 0 Å². The van der Waals surface area contributed by atoms with Crippen molar-refractivity contribution in [1.29, 1.82) is 0 Å². The molecule has 0 amide bonds. The third-order valence-corrected chi connectivity index (χ3v) is 1.71. The molecule has 0 saturated carbocycles. The van der Waals surface area contributed by atoms with Gasteiger partial charge in [-0.2, -0.15) is 0 Å². The molecule has 0 aromatic carbocycles. The van der Waals surface area contributed by atoms with E-state index in [2.05, 4.69) is 5.10 Å². The predicted molar refractivity (Wildman–Crippen MR) is 49.5 cm³/mol. The number of nitrogens with zero attached hydrogens (tertiary/aromatic N) is 2. The SMILES string of the molecule is CCN(C(N)=NN)C(C)COC. The molecule has 0 spiro atoms. The Bertz CT molecular complexity index is 148. The van der Waals surface area contributed by atoms with Gasteiger partial charge in [0.15, 0.2) is 0 Å². The van der Waals surface area contributed by atoms with Gasteiger partial charge in [-0.05, 0) is 13.8 Å². The van der Waals surface area contributed by atoms with Crippen LogP contribution in [0.15, 0.2) is 5.10 Å². The number of methoxy groups -OCH3 is 1. The molecular weight excluding hydrogens is 156 g/mol. The quantitative estimate of drug-likeness (QED) is 0.261. The largest absolute Gasteiger partial charge is 0.383 e. The molecule has 72 valence electrons. The summed E-state index contributed by atoms with van der Waals surface area (Å²) in [7, 11) is 1.65. The average Bonchev–Trinajstić information content (AvgIpc) is 2.06. The number of hydrazone groups is 1. The fourth-order valence-corrected chi connectivity index (χ4v) is 1.10. The van der Waals surface area contributed by atoms with Gasteiger partial charge in [0, 0.05) is 13.7 Å². The van der Waals surface area contributed by atoms with Crippen molar-refractivity contribution in [2.75, 3.05) is 20.3 Å². The van der Waals surface area contributed by atoms with E-state index < -0.39 is 0 Å². The van der Waals surface area contributed by atoms with Crippen molar-refractivity contribution >= 4 is 5.96 Å². The minimum Gasteiger partial charge on any atom is -0.383 e. The zero-order valence-electron chi connectivity index (χ0n) is 7.95. The Hall–Kier alpha value is -0.970. The Labute approximate surface area is 73.3 Å². The number of nitrogens with two attached hydrogens (primary N) is 2. The highest BCUT2D eigenvalue weighted by Crippen LogP contribution is 1.97. The Morgan fingerprint density at radius 2 is 2.25 bits per heavy atom. The smallest absolute Gasteiger partial charge is 0.213 e. The molecule has 0 fully saturated rings. The third-order valence-electron chi connectivity index (χ3n) is 1.71. The van der Waals surface area contributed by atoms with E-state index in [0.29, 0.717) is 12.6 Å². The summed E-state index contributed by atoms with van der Waals surface area (Å²) in [5.41, 5.74) is 5.55. The number of guanidine groups is 1. The highest BCUT2D eigenvalue weighted by atomic mass is 16.5. The summed E-state index contributed by atoms with van der Waals surface area (Å²) in [6.07, 6.45) is 0. The maximum Gasteiger partial charge on any atom is 0.213 e. The number of rotatable bonds is 4. The molecule has 1 unspecified atom stereocenters. The van der Waals surface area contributed by atoms with Crippen LogP contribution >= 0.6 is 0 Å². The summed E-state index contributed by atoms with van der Waals surface area (Å²) in [5, 5.41) is 3.43. The first-order valence-electron chi connectivity index (χ1n) is 3.96. The molecule has 5 nitrogen and oxygen atoms in total. The summed E-state index contributed by atoms with van der Waals surface area (Å²) in [5.74, 6) is 5.41. The van der Waals surface area contributed by atoms with Crippen LogP contribution in [-0.2, 0) is 4.74 Å². The normalized spacial score (nSPS) is 14.4. The number of hydrogen-bond acceptors (Lipinski definition) is 3. The second-order valence-corrected chi connectivity index (χ2v) is 2.58. The molecule has 4 N–H and O–H groups in total. The van der Waals surface area contributed by atoms with Gasteiger partial charge >= 0.3 is 0 Å². The molecule has 0 rings (SSSR count). The van der Waals surface area contributed by atoms with Gasteiger partial charge in [-0.3, -0.25) is 0 Å². The first kappa shape index (κ1) is 11.0. The molecule has 1 atom stereocenters. The molecule has 0 aliphatic rings. The van der Waals surface area contributed by atoms with Crippen LogP contribution < -0.4 is 11.6 Å². The number of hydrogen-bond donors (Lipinski definition) is 2. The number of ether oxygens (including phenoxy) is 1. The van der Waals surface area contributed by atoms with Crippen molar-refractivity contribution in [3.8, 4) is 0 Å². The summed E-state index contributed by atoms with van der Waals surface area (Å²) < 4.78 is 4.99. The van der Waals surface area contributed by atoms with Crippen LogP contribution in [0.2, 0.25) is 0 Å². The summed E-state index contributed by atoms with van der Waals surface area (Å²) in [6.45, 7) is 5.39. The molecule has 5 heteroatoms. The highest BCUT2D eigenvalue weighted by molar-refractivity contribution is 5.77. The van der Waals surface area contributed by atoms with E-state index in [1.165, 1.54) is 0 Å². The molecule has 0 aliphatic heterocycles. The van der Waals surface area contributed by atoms with Crippen molar-refractivity contribution in [3.63, 3.8) is 0 Å². The van der Waals surface area contributed by atoms with Crippen LogP contribution in [0.5, 0.6) is 0 Å². The number of likely N-dealkylation sites (N-methyl/N-ethyl adjacent to an activating group) is 1. The zero-order chi connectivity index (χ0) is 9.56. The Morgan fingerprint density at radius 3 is 2.58 bits per heavy atom. The lowest BCUT2D eigenvalue weighted by atomic mass is 10.3. The van der Waals surface area contributed by atoms with Gasteiger partial charge in [0.1, 0.15) is 0 Å². The van der Waals surface area contributed by atoms with Crippen molar-refractivity contribution < 1.29 is 4.74 Å². The van der Waals surface area contributed by atoms with E-state index in [1.807, 2.05) is 18.7 Å². The van der Waals surface area contributed by atoms with E-state index in [9.17, 15) is 0 Å². The van der Waals surface area contributed by atoms with Crippen molar-refractivity contribution in [2.45, 2.75) is 19.9 Å². The van der Waals surface area contributed by atoms with Crippen LogP contribution in [-0.4, -0.2) is 37.2 Å². The molecule has 0 aromatic rings. The maximum atomic E-state index is 5.55. The fraction of sp³-hybridized carbons (Fsp3) is 0.857. The standard InChI is InChI=1S/C7H18N4O/c1-4-11(7(8)10-9)6(2)5-12-3/h6H,4-5,9H2,1-3H3,(H2,8,10). The molecule has 0 aromatic heterocycles. The summed E-state index contributed by atoms with van der Waals surface area (Å²) in [6, 6.07) is 0.201. The van der Waals surface area contributed by atoms with E-state index in [4.69, 9.17) is 16.3 Å². The Morgan fingerprint density at radius 1 is 1.67 bits per heavy atom. The first-order chi connectivity index (χ1) is 5.67. The minimum absolute atomic E-state index is 0.201. The second-order valence-electron chi connectivity index (χ2n) is 2.58. The monoisotopic (exact) mass is 174 g/mol. The second kappa shape index (κ2) is 5.65. The Balaban J connectivity index is 4.13. The Kier molecular flexibility index (Phi) is 5.19. The summed E-state index contributed by atoms with van der Waals surface area (Å²) >= 11 is 0. The van der Waals surface area contributed by atoms with Crippen LogP contribution in [0.4, 0.5) is 0 Å². The first-order valence-corrected chi connectivity index (χ1v) is 3.96. The average molecular weight is 174 g/mol. The van der Waals surface area contributed by atoms with E-state index in [1.54, 1.807) is 7.11 Å². The summed E-state index contributed by atoms with van der Waals surface area (Å²) in [4.78, 5) is 1.88. The molecule has 0 aliphatic carbocycles. The van der Waals surface area contributed by atoms with Gasteiger partial charge in [0.2, 0.25) is 5.96 Å². The highest BCUT2D eigenvalue weighted by Gasteiger charge is 2.13. The van der Waals surface area contributed by atoms with E-state index in [0.717, 1.165) is 6.54 Å². The van der Waals surface area contributed by atoms with Gasteiger partial charge in [-0.25, -0.2) is 0 Å². The van der Waals surface area contributed by atoms with Crippen LogP contribution in [0.25, 0.3) is 0 Å². The van der Waals surface area contributed by atoms with Gasteiger partial charge in [-0.15, -0.1) is 5.10 Å². The lowest BCUT2D eigenvalue weighted by Crippen LogP contribution is -2.45. The maximum absolute atomic E-state index is 5.55. The third kappa shape index (κ3) is 2.96. The molecule has 0 saturated heterocycles. The van der Waals surface area contributed by atoms with Crippen LogP contribution in [0, 0.1) is 0 Å². The van der Waals surface area contributed by atoms with Gasteiger partial charge in [-0.1, -0.05) is 0 Å². The lowest BCUT2D eigenvalue weighted by molar-refractivity contribution is 0.137. The van der Waals surface area contributed by atoms with Crippen molar-refractivity contribution in [1.82, 2.24) is 4.90 Å². The van der Waals surface area contributed by atoms with Gasteiger partial charge in [0.05, 0.1) is 12.6 Å². The fourth-order valence-electron chi connectivity index (χ4n) is 1.10. The molecule has 12 heavy (non-hydrogen) atoms. The van der Waals surface area contributed by atoms with Crippen molar-refractivity contribution in [2.24, 2.45) is 16.7 Å². The van der Waals surface area contributed by atoms with E-state index in [-0.39, 0.29) is 6.04 Å². The minimum atomic E-state index is 0.201.